The Morgan fingerprint density at radius 1 is 0.906 bits per heavy atom. The monoisotopic (exact) mass is 419 g/mol. The highest BCUT2D eigenvalue weighted by atomic mass is 16.1. The average molecular weight is 419 g/mol. The van der Waals surface area contributed by atoms with E-state index in [4.69, 9.17) is 4.98 Å². The van der Waals surface area contributed by atoms with Gasteiger partial charge in [0.05, 0.1) is 17.3 Å². The highest BCUT2D eigenvalue weighted by Crippen LogP contribution is 2.41. The highest BCUT2D eigenvalue weighted by molar-refractivity contribution is 5.87. The summed E-state index contributed by atoms with van der Waals surface area (Å²) in [4.78, 5) is 25.3. The molecule has 6 heteroatoms. The number of rotatable bonds is 6. The number of nitriles is 1. The molecule has 0 spiro atoms. The first kappa shape index (κ1) is 20.9. The lowest BCUT2D eigenvalue weighted by atomic mass is 9.77. The van der Waals surface area contributed by atoms with Crippen molar-refractivity contribution in [2.24, 2.45) is 0 Å². The number of pyridine rings is 3. The second kappa shape index (κ2) is 9.63. The first-order chi connectivity index (χ1) is 15.7. The van der Waals surface area contributed by atoms with Crippen LogP contribution in [-0.4, -0.2) is 20.9 Å². The molecular formula is C26H21N5O. The molecule has 4 rings (SSSR count). The summed E-state index contributed by atoms with van der Waals surface area (Å²) < 4.78 is 0. The normalized spacial score (nSPS) is 12.4. The second-order valence-corrected chi connectivity index (χ2v) is 7.36. The third-order valence-electron chi connectivity index (χ3n) is 5.15. The van der Waals surface area contributed by atoms with Crippen molar-refractivity contribution in [3.8, 4) is 6.07 Å². The van der Waals surface area contributed by atoms with E-state index in [1.165, 1.54) is 6.92 Å². The molecule has 0 saturated heterocycles. The van der Waals surface area contributed by atoms with Crippen molar-refractivity contribution < 1.29 is 4.79 Å². The Bertz CT molecular complexity index is 1250. The van der Waals surface area contributed by atoms with Gasteiger partial charge in [0.1, 0.15) is 5.82 Å². The number of carbonyl (C=O) groups is 1. The number of amides is 1. The van der Waals surface area contributed by atoms with Gasteiger partial charge in [-0.15, -0.1) is 0 Å². The minimum absolute atomic E-state index is 0.185. The van der Waals surface area contributed by atoms with Crippen LogP contribution in [0.25, 0.3) is 0 Å². The lowest BCUT2D eigenvalue weighted by Crippen LogP contribution is -2.18. The zero-order valence-corrected chi connectivity index (χ0v) is 17.5. The predicted molar refractivity (Wildman–Crippen MR) is 122 cm³/mol. The molecule has 3 aromatic heterocycles. The zero-order valence-electron chi connectivity index (χ0n) is 17.5. The van der Waals surface area contributed by atoms with E-state index in [2.05, 4.69) is 21.4 Å². The number of nitrogens with one attached hydrogen (secondary N) is 1. The molecule has 32 heavy (non-hydrogen) atoms. The lowest BCUT2D eigenvalue weighted by molar-refractivity contribution is -0.114. The van der Waals surface area contributed by atoms with E-state index in [9.17, 15) is 10.1 Å². The van der Waals surface area contributed by atoms with Gasteiger partial charge in [0, 0.05) is 43.0 Å². The SMILES string of the molecule is CC(=O)Nc1cccc(C(c2cccnc2)C(c2cccc(C#N)c2)c2ccccn2)n1. The molecule has 1 aromatic carbocycles. The summed E-state index contributed by atoms with van der Waals surface area (Å²) in [6, 6.07) is 25.1. The Morgan fingerprint density at radius 3 is 2.41 bits per heavy atom. The maximum atomic E-state index is 11.6. The van der Waals surface area contributed by atoms with Crippen LogP contribution in [0, 0.1) is 11.3 Å². The fourth-order valence-electron chi connectivity index (χ4n) is 3.86. The summed E-state index contributed by atoms with van der Waals surface area (Å²) in [5.41, 5.74) is 4.10. The van der Waals surface area contributed by atoms with Gasteiger partial charge >= 0.3 is 0 Å². The first-order valence-electron chi connectivity index (χ1n) is 10.2. The van der Waals surface area contributed by atoms with Gasteiger partial charge in [0.2, 0.25) is 5.91 Å². The van der Waals surface area contributed by atoms with E-state index in [-0.39, 0.29) is 17.7 Å². The smallest absolute Gasteiger partial charge is 0.222 e. The molecule has 0 aliphatic carbocycles. The molecule has 156 valence electrons. The topological polar surface area (TPSA) is 91.6 Å². The number of hydrogen-bond acceptors (Lipinski definition) is 5. The van der Waals surface area contributed by atoms with Crippen molar-refractivity contribution in [2.75, 3.05) is 5.32 Å². The molecule has 2 atom stereocenters. The number of benzene rings is 1. The van der Waals surface area contributed by atoms with E-state index in [1.54, 1.807) is 24.5 Å². The van der Waals surface area contributed by atoms with Crippen molar-refractivity contribution >= 4 is 11.7 Å². The molecule has 0 aliphatic heterocycles. The van der Waals surface area contributed by atoms with Crippen LogP contribution in [0.2, 0.25) is 0 Å². The molecular weight excluding hydrogens is 398 g/mol. The Morgan fingerprint density at radius 2 is 1.69 bits per heavy atom. The standard InChI is InChI=1S/C26H21N5O/c1-18(32)30-24-12-5-11-23(31-24)26(21-9-6-13-28-17-21)25(22-10-2-3-14-29-22)20-8-4-7-19(15-20)16-27/h2-15,17,25-26H,1H3,(H,30,31,32). The number of anilines is 1. The molecule has 2 unspecified atom stereocenters. The van der Waals surface area contributed by atoms with E-state index in [0.29, 0.717) is 11.4 Å². The van der Waals surface area contributed by atoms with Crippen LogP contribution in [0.3, 0.4) is 0 Å². The van der Waals surface area contributed by atoms with E-state index >= 15 is 0 Å². The quantitative estimate of drug-likeness (QED) is 0.490. The van der Waals surface area contributed by atoms with Gasteiger partial charge < -0.3 is 5.32 Å². The van der Waals surface area contributed by atoms with Gasteiger partial charge in [0.25, 0.3) is 0 Å². The zero-order chi connectivity index (χ0) is 22.3. The predicted octanol–water partition coefficient (Wildman–Crippen LogP) is 4.67. The Balaban J connectivity index is 1.94. The Hall–Kier alpha value is -4.37. The van der Waals surface area contributed by atoms with Gasteiger partial charge in [-0.2, -0.15) is 5.26 Å². The van der Waals surface area contributed by atoms with Crippen molar-refractivity contribution in [2.45, 2.75) is 18.8 Å². The Labute approximate surface area is 186 Å². The average Bonchev–Trinajstić information content (AvgIpc) is 2.83. The van der Waals surface area contributed by atoms with Crippen molar-refractivity contribution in [3.63, 3.8) is 0 Å². The molecule has 0 fully saturated rings. The molecule has 1 amide bonds. The van der Waals surface area contributed by atoms with Crippen molar-refractivity contribution in [3.05, 3.63) is 119 Å². The van der Waals surface area contributed by atoms with Gasteiger partial charge in [-0.05, 0) is 53.6 Å². The third-order valence-corrected chi connectivity index (χ3v) is 5.15. The summed E-state index contributed by atoms with van der Waals surface area (Å²) in [6.45, 7) is 1.46. The lowest BCUT2D eigenvalue weighted by Gasteiger charge is -2.28. The molecule has 4 aromatic rings. The fraction of sp³-hybridized carbons (Fsp3) is 0.115. The van der Waals surface area contributed by atoms with Crippen LogP contribution < -0.4 is 5.32 Å². The molecule has 0 saturated carbocycles. The number of carbonyl (C=O) groups excluding carboxylic acids is 1. The largest absolute Gasteiger partial charge is 0.311 e. The summed E-state index contributed by atoms with van der Waals surface area (Å²) in [7, 11) is 0. The third kappa shape index (κ3) is 4.68. The summed E-state index contributed by atoms with van der Waals surface area (Å²) in [6.07, 6.45) is 5.31. The van der Waals surface area contributed by atoms with Crippen LogP contribution in [0.15, 0.2) is 91.4 Å². The first-order valence-corrected chi connectivity index (χ1v) is 10.2. The van der Waals surface area contributed by atoms with Crippen LogP contribution in [0.1, 0.15) is 46.8 Å². The van der Waals surface area contributed by atoms with E-state index in [0.717, 1.165) is 22.5 Å². The second-order valence-electron chi connectivity index (χ2n) is 7.36. The minimum atomic E-state index is -0.249. The van der Waals surface area contributed by atoms with Crippen molar-refractivity contribution in [1.82, 2.24) is 15.0 Å². The summed E-state index contributed by atoms with van der Waals surface area (Å²) in [5, 5.41) is 12.2. The molecule has 1 N–H and O–H groups in total. The van der Waals surface area contributed by atoms with Gasteiger partial charge in [0.15, 0.2) is 0 Å². The Kier molecular flexibility index (Phi) is 6.28. The number of nitrogens with zero attached hydrogens (tertiary/aromatic N) is 4. The van der Waals surface area contributed by atoms with E-state index in [1.807, 2.05) is 66.9 Å². The molecule has 0 radical (unpaired) electrons. The van der Waals surface area contributed by atoms with Gasteiger partial charge in [-0.25, -0.2) is 4.98 Å². The number of hydrogen-bond donors (Lipinski definition) is 1. The van der Waals surface area contributed by atoms with Crippen molar-refractivity contribution in [1.29, 1.82) is 5.26 Å². The molecule has 0 aliphatic rings. The summed E-state index contributed by atoms with van der Waals surface area (Å²) in [5.74, 6) is -0.181. The number of aromatic nitrogens is 3. The highest BCUT2D eigenvalue weighted by Gasteiger charge is 2.31. The minimum Gasteiger partial charge on any atom is -0.311 e. The van der Waals surface area contributed by atoms with Gasteiger partial charge in [-0.3, -0.25) is 14.8 Å². The molecule has 6 nitrogen and oxygen atoms in total. The molecule has 3 heterocycles. The van der Waals surface area contributed by atoms with E-state index < -0.39 is 0 Å². The van der Waals surface area contributed by atoms with Crippen LogP contribution in [0.4, 0.5) is 5.82 Å². The maximum absolute atomic E-state index is 11.6. The summed E-state index contributed by atoms with van der Waals surface area (Å²) >= 11 is 0. The molecule has 0 bridgehead atoms. The van der Waals surface area contributed by atoms with Crippen LogP contribution in [-0.2, 0) is 4.79 Å². The van der Waals surface area contributed by atoms with Crippen LogP contribution >= 0.6 is 0 Å². The fourth-order valence-corrected chi connectivity index (χ4v) is 3.86. The van der Waals surface area contributed by atoms with Crippen LogP contribution in [0.5, 0.6) is 0 Å². The maximum Gasteiger partial charge on any atom is 0.222 e. The van der Waals surface area contributed by atoms with Gasteiger partial charge in [-0.1, -0.05) is 30.3 Å².